The average molecular weight is 423 g/mol. The Labute approximate surface area is 182 Å². The molecule has 2 aliphatic heterocycles. The van der Waals surface area contributed by atoms with Crippen molar-refractivity contribution in [2.45, 2.75) is 18.6 Å². The van der Waals surface area contributed by atoms with Crippen molar-refractivity contribution in [3.8, 4) is 6.07 Å². The molecule has 2 aromatic rings. The van der Waals surface area contributed by atoms with E-state index in [1.807, 2.05) is 12.1 Å². The van der Waals surface area contributed by atoms with E-state index < -0.39 is 0 Å². The van der Waals surface area contributed by atoms with Crippen LogP contribution in [0.3, 0.4) is 0 Å². The number of nitrogens with zero attached hydrogens (tertiary/aromatic N) is 3. The molecule has 0 radical (unpaired) electrons. The summed E-state index contributed by atoms with van der Waals surface area (Å²) in [6.07, 6.45) is 1.26. The Morgan fingerprint density at radius 1 is 1.00 bits per heavy atom. The molecule has 2 fully saturated rings. The minimum atomic E-state index is -0.196. The summed E-state index contributed by atoms with van der Waals surface area (Å²) in [4.78, 5) is 17.1. The van der Waals surface area contributed by atoms with E-state index in [1.54, 1.807) is 24.3 Å². The average Bonchev–Trinajstić information content (AvgIpc) is 2.78. The molecule has 1 amide bonds. The number of carbonyl (C=O) groups is 1. The zero-order valence-corrected chi connectivity index (χ0v) is 17.5. The SMILES string of the molecule is N#Cc1ccc(C(=O)NCCN2CC3CN(CCc4ccc(F)cc4)CC(C2)O3)cc1. The molecular formula is C24H27FN4O2. The number of rotatable bonds is 7. The van der Waals surface area contributed by atoms with Gasteiger partial charge in [0.15, 0.2) is 0 Å². The van der Waals surface area contributed by atoms with Crippen LogP contribution in [0.1, 0.15) is 21.5 Å². The number of carbonyl (C=O) groups excluding carboxylic acids is 1. The Bertz CT molecular complexity index is 912. The molecule has 162 valence electrons. The number of halogens is 1. The maximum absolute atomic E-state index is 13.1. The third kappa shape index (κ3) is 5.88. The number of hydrogen-bond acceptors (Lipinski definition) is 5. The van der Waals surface area contributed by atoms with E-state index in [4.69, 9.17) is 10.00 Å². The maximum atomic E-state index is 13.1. The van der Waals surface area contributed by atoms with Gasteiger partial charge in [-0.15, -0.1) is 0 Å². The first-order valence-corrected chi connectivity index (χ1v) is 10.7. The smallest absolute Gasteiger partial charge is 0.251 e. The first-order valence-electron chi connectivity index (χ1n) is 10.7. The predicted octanol–water partition coefficient (Wildman–Crippen LogP) is 2.05. The van der Waals surface area contributed by atoms with Crippen LogP contribution in [0.25, 0.3) is 0 Å². The molecule has 6 nitrogen and oxygen atoms in total. The molecule has 2 saturated heterocycles. The van der Waals surface area contributed by atoms with E-state index in [2.05, 4.69) is 21.2 Å². The lowest BCUT2D eigenvalue weighted by Crippen LogP contribution is -2.60. The molecule has 0 saturated carbocycles. The number of nitrogens with one attached hydrogen (secondary N) is 1. The van der Waals surface area contributed by atoms with Gasteiger partial charge in [0.1, 0.15) is 5.82 Å². The summed E-state index contributed by atoms with van der Waals surface area (Å²) in [5, 5.41) is 11.8. The quantitative estimate of drug-likeness (QED) is 0.740. The van der Waals surface area contributed by atoms with Gasteiger partial charge in [0.05, 0.1) is 23.8 Å². The molecular weight excluding hydrogens is 395 g/mol. The van der Waals surface area contributed by atoms with Crippen molar-refractivity contribution in [3.63, 3.8) is 0 Å². The highest BCUT2D eigenvalue weighted by atomic mass is 19.1. The molecule has 1 N–H and O–H groups in total. The lowest BCUT2D eigenvalue weighted by molar-refractivity contribution is -0.137. The van der Waals surface area contributed by atoms with Gasteiger partial charge in [-0.2, -0.15) is 5.26 Å². The fraction of sp³-hybridized carbons (Fsp3) is 0.417. The molecule has 2 aliphatic rings. The third-order valence-corrected chi connectivity index (χ3v) is 5.85. The highest BCUT2D eigenvalue weighted by Gasteiger charge is 2.34. The van der Waals surface area contributed by atoms with E-state index >= 15 is 0 Å². The summed E-state index contributed by atoms with van der Waals surface area (Å²) in [7, 11) is 0. The van der Waals surface area contributed by atoms with Gasteiger partial charge in [-0.25, -0.2) is 4.39 Å². The van der Waals surface area contributed by atoms with Crippen molar-refractivity contribution in [1.29, 1.82) is 5.26 Å². The van der Waals surface area contributed by atoms with Crippen LogP contribution in [0.15, 0.2) is 48.5 Å². The molecule has 2 unspecified atom stereocenters. The van der Waals surface area contributed by atoms with Crippen LogP contribution in [0, 0.1) is 17.1 Å². The zero-order valence-electron chi connectivity index (χ0n) is 17.5. The Morgan fingerprint density at radius 3 is 2.23 bits per heavy atom. The molecule has 0 spiro atoms. The lowest BCUT2D eigenvalue weighted by Gasteiger charge is -2.46. The van der Waals surface area contributed by atoms with Gasteiger partial charge in [0, 0.05) is 51.4 Å². The van der Waals surface area contributed by atoms with Crippen LogP contribution in [-0.4, -0.2) is 73.7 Å². The third-order valence-electron chi connectivity index (χ3n) is 5.85. The van der Waals surface area contributed by atoms with Crippen molar-refractivity contribution in [2.24, 2.45) is 0 Å². The van der Waals surface area contributed by atoms with Crippen molar-refractivity contribution >= 4 is 5.91 Å². The first kappa shape index (κ1) is 21.4. The standard InChI is InChI=1S/C24H27FN4O2/c25-21-7-3-18(4-8-21)9-11-28-14-22-16-29(17-23(15-28)31-22)12-10-27-24(30)20-5-1-19(13-26)2-6-20/h1-8,22-23H,9-12,14-17H2,(H,27,30). The summed E-state index contributed by atoms with van der Waals surface area (Å²) in [6.45, 7) is 5.81. The molecule has 0 aliphatic carbocycles. The Kier molecular flexibility index (Phi) is 6.92. The van der Waals surface area contributed by atoms with Gasteiger partial charge < -0.3 is 10.1 Å². The zero-order chi connectivity index (χ0) is 21.6. The summed E-state index contributed by atoms with van der Waals surface area (Å²) in [6, 6.07) is 15.4. The van der Waals surface area contributed by atoms with Crippen LogP contribution >= 0.6 is 0 Å². The fourth-order valence-electron chi connectivity index (χ4n) is 4.29. The van der Waals surface area contributed by atoms with Gasteiger partial charge >= 0.3 is 0 Å². The normalized spacial score (nSPS) is 21.4. The van der Waals surface area contributed by atoms with Gasteiger partial charge in [0.25, 0.3) is 5.91 Å². The summed E-state index contributed by atoms with van der Waals surface area (Å²) in [5.41, 5.74) is 2.26. The topological polar surface area (TPSA) is 68.6 Å². The summed E-state index contributed by atoms with van der Waals surface area (Å²) >= 11 is 0. The van der Waals surface area contributed by atoms with Gasteiger partial charge in [-0.3, -0.25) is 14.6 Å². The van der Waals surface area contributed by atoms with Crippen LogP contribution in [0.5, 0.6) is 0 Å². The fourth-order valence-corrected chi connectivity index (χ4v) is 4.29. The van der Waals surface area contributed by atoms with Gasteiger partial charge in [-0.1, -0.05) is 12.1 Å². The van der Waals surface area contributed by atoms with E-state index in [9.17, 15) is 9.18 Å². The summed E-state index contributed by atoms with van der Waals surface area (Å²) < 4.78 is 19.2. The van der Waals surface area contributed by atoms with Crippen molar-refractivity contribution in [3.05, 3.63) is 71.0 Å². The first-order chi connectivity index (χ1) is 15.1. The van der Waals surface area contributed by atoms with Crippen LogP contribution < -0.4 is 5.32 Å². The van der Waals surface area contributed by atoms with E-state index in [-0.39, 0.29) is 23.9 Å². The maximum Gasteiger partial charge on any atom is 0.251 e. The second-order valence-corrected chi connectivity index (χ2v) is 8.22. The molecule has 31 heavy (non-hydrogen) atoms. The monoisotopic (exact) mass is 422 g/mol. The largest absolute Gasteiger partial charge is 0.370 e. The predicted molar refractivity (Wildman–Crippen MR) is 115 cm³/mol. The van der Waals surface area contributed by atoms with E-state index in [0.717, 1.165) is 51.3 Å². The Balaban J connectivity index is 1.19. The molecule has 0 aromatic heterocycles. The van der Waals surface area contributed by atoms with Crippen LogP contribution in [0.2, 0.25) is 0 Å². The summed E-state index contributed by atoms with van der Waals surface area (Å²) in [5.74, 6) is -0.317. The number of hydrogen-bond donors (Lipinski definition) is 1. The van der Waals surface area contributed by atoms with Crippen molar-refractivity contribution in [2.75, 3.05) is 45.8 Å². The Morgan fingerprint density at radius 2 is 1.61 bits per heavy atom. The van der Waals surface area contributed by atoms with E-state index in [0.29, 0.717) is 17.7 Å². The second kappa shape index (κ2) is 10.0. The van der Waals surface area contributed by atoms with Gasteiger partial charge in [-0.05, 0) is 48.4 Å². The molecule has 2 aromatic carbocycles. The molecule has 2 heterocycles. The lowest BCUT2D eigenvalue weighted by atomic mass is 10.1. The highest BCUT2D eigenvalue weighted by Crippen LogP contribution is 2.19. The van der Waals surface area contributed by atoms with Crippen LogP contribution in [-0.2, 0) is 11.2 Å². The van der Waals surface area contributed by atoms with E-state index in [1.165, 1.54) is 12.1 Å². The molecule has 7 heteroatoms. The number of ether oxygens (including phenoxy) is 1. The van der Waals surface area contributed by atoms with Crippen molar-refractivity contribution in [1.82, 2.24) is 15.1 Å². The van der Waals surface area contributed by atoms with Crippen LogP contribution in [0.4, 0.5) is 4.39 Å². The Hall–Kier alpha value is -2.79. The number of amides is 1. The highest BCUT2D eigenvalue weighted by molar-refractivity contribution is 5.94. The number of benzene rings is 2. The molecule has 4 rings (SSSR count). The molecule has 2 atom stereocenters. The molecule has 2 bridgehead atoms. The minimum Gasteiger partial charge on any atom is -0.370 e. The number of nitriles is 1. The number of fused-ring (bicyclic) bond motifs is 2. The number of morpholine rings is 2. The van der Waals surface area contributed by atoms with Gasteiger partial charge in [0.2, 0.25) is 0 Å². The second-order valence-electron chi connectivity index (χ2n) is 8.22. The minimum absolute atomic E-state index is 0.120. The van der Waals surface area contributed by atoms with Crippen molar-refractivity contribution < 1.29 is 13.9 Å².